The molecule has 2 heterocycles. The van der Waals surface area contributed by atoms with E-state index in [0.29, 0.717) is 10.9 Å². The number of nitrogens with zero attached hydrogens (tertiary/aromatic N) is 1. The standard InChI is InChI=1S/C12H17N3OS/c1-13-9-4-5-11(14-7-9)12(16)15-8-10-3-2-6-17-10/h4-5,7,10,13H,2-3,6,8H2,1H3,(H,15,16). The van der Waals surface area contributed by atoms with Crippen molar-refractivity contribution in [2.24, 2.45) is 0 Å². The first-order valence-corrected chi connectivity index (χ1v) is 6.88. The van der Waals surface area contributed by atoms with Gasteiger partial charge in [-0.1, -0.05) is 0 Å². The van der Waals surface area contributed by atoms with Crippen LogP contribution in [0, 0.1) is 0 Å². The summed E-state index contributed by atoms with van der Waals surface area (Å²) in [5.41, 5.74) is 1.39. The van der Waals surface area contributed by atoms with E-state index in [0.717, 1.165) is 12.2 Å². The van der Waals surface area contributed by atoms with Gasteiger partial charge < -0.3 is 10.6 Å². The van der Waals surface area contributed by atoms with Crippen LogP contribution < -0.4 is 10.6 Å². The lowest BCUT2D eigenvalue weighted by atomic mass is 10.2. The van der Waals surface area contributed by atoms with Crippen LogP contribution in [0.25, 0.3) is 0 Å². The van der Waals surface area contributed by atoms with Crippen LogP contribution in [-0.2, 0) is 0 Å². The number of amides is 1. The summed E-state index contributed by atoms with van der Waals surface area (Å²) in [6, 6.07) is 3.59. The van der Waals surface area contributed by atoms with Crippen molar-refractivity contribution in [1.29, 1.82) is 0 Å². The van der Waals surface area contributed by atoms with Crippen LogP contribution in [0.2, 0.25) is 0 Å². The van der Waals surface area contributed by atoms with Crippen molar-refractivity contribution in [3.63, 3.8) is 0 Å². The number of pyridine rings is 1. The summed E-state index contributed by atoms with van der Waals surface area (Å²) in [6.07, 6.45) is 4.14. The predicted octanol–water partition coefficient (Wildman–Crippen LogP) is 1.75. The van der Waals surface area contributed by atoms with Gasteiger partial charge >= 0.3 is 0 Å². The highest BCUT2D eigenvalue weighted by atomic mass is 32.2. The molecule has 5 heteroatoms. The van der Waals surface area contributed by atoms with Gasteiger partial charge in [0.1, 0.15) is 5.69 Å². The number of nitrogens with one attached hydrogen (secondary N) is 2. The van der Waals surface area contributed by atoms with E-state index in [1.807, 2.05) is 24.9 Å². The topological polar surface area (TPSA) is 54.0 Å². The smallest absolute Gasteiger partial charge is 0.269 e. The second kappa shape index (κ2) is 5.91. The van der Waals surface area contributed by atoms with Gasteiger partial charge in [0.25, 0.3) is 5.91 Å². The number of carbonyl (C=O) groups is 1. The maximum Gasteiger partial charge on any atom is 0.269 e. The molecule has 1 aliphatic rings. The summed E-state index contributed by atoms with van der Waals surface area (Å²) in [7, 11) is 1.83. The molecule has 2 N–H and O–H groups in total. The van der Waals surface area contributed by atoms with Gasteiger partial charge in [-0.05, 0) is 30.7 Å². The van der Waals surface area contributed by atoms with E-state index in [4.69, 9.17) is 0 Å². The van der Waals surface area contributed by atoms with Gasteiger partial charge in [0, 0.05) is 18.8 Å². The third kappa shape index (κ3) is 3.36. The molecule has 1 aromatic rings. The van der Waals surface area contributed by atoms with Crippen LogP contribution in [0.3, 0.4) is 0 Å². The average molecular weight is 251 g/mol. The average Bonchev–Trinajstić information content (AvgIpc) is 2.89. The Labute approximate surface area is 106 Å². The normalized spacial score (nSPS) is 19.0. The molecule has 2 rings (SSSR count). The second-order valence-corrected chi connectivity index (χ2v) is 5.44. The van der Waals surface area contributed by atoms with Crippen molar-refractivity contribution in [2.75, 3.05) is 24.7 Å². The molecular formula is C12H17N3OS. The molecule has 1 aliphatic heterocycles. The van der Waals surface area contributed by atoms with E-state index < -0.39 is 0 Å². The first-order valence-electron chi connectivity index (χ1n) is 5.83. The molecule has 0 bridgehead atoms. The molecule has 1 saturated heterocycles. The van der Waals surface area contributed by atoms with Crippen molar-refractivity contribution in [3.05, 3.63) is 24.0 Å². The van der Waals surface area contributed by atoms with Crippen molar-refractivity contribution in [2.45, 2.75) is 18.1 Å². The maximum absolute atomic E-state index is 11.8. The molecule has 1 atom stereocenters. The quantitative estimate of drug-likeness (QED) is 0.856. The Kier molecular flexibility index (Phi) is 4.25. The minimum Gasteiger partial charge on any atom is -0.387 e. The highest BCUT2D eigenvalue weighted by molar-refractivity contribution is 8.00. The highest BCUT2D eigenvalue weighted by Gasteiger charge is 2.16. The van der Waals surface area contributed by atoms with Gasteiger partial charge in [-0.3, -0.25) is 4.79 Å². The molecule has 92 valence electrons. The maximum atomic E-state index is 11.8. The molecule has 1 aromatic heterocycles. The molecule has 1 fully saturated rings. The highest BCUT2D eigenvalue weighted by Crippen LogP contribution is 2.25. The van der Waals surface area contributed by atoms with Crippen LogP contribution in [0.1, 0.15) is 23.3 Å². The zero-order valence-corrected chi connectivity index (χ0v) is 10.7. The number of anilines is 1. The van der Waals surface area contributed by atoms with Gasteiger partial charge in [0.2, 0.25) is 0 Å². The number of thioether (sulfide) groups is 1. The molecule has 0 radical (unpaired) electrons. The Morgan fingerprint density at radius 3 is 3.06 bits per heavy atom. The van der Waals surface area contributed by atoms with Crippen LogP contribution in [0.4, 0.5) is 5.69 Å². The minimum atomic E-state index is -0.0832. The van der Waals surface area contributed by atoms with Gasteiger partial charge in [0.15, 0.2) is 0 Å². The van der Waals surface area contributed by atoms with E-state index >= 15 is 0 Å². The molecule has 0 aliphatic carbocycles. The molecule has 0 aromatic carbocycles. The molecule has 1 amide bonds. The van der Waals surface area contributed by atoms with Crippen LogP contribution in [-0.4, -0.2) is 35.5 Å². The van der Waals surface area contributed by atoms with Crippen molar-refractivity contribution >= 4 is 23.4 Å². The third-order valence-corrected chi connectivity index (χ3v) is 4.20. The third-order valence-electron chi connectivity index (χ3n) is 2.80. The zero-order valence-electron chi connectivity index (χ0n) is 9.90. The van der Waals surface area contributed by atoms with Gasteiger partial charge in [-0.2, -0.15) is 11.8 Å². The summed E-state index contributed by atoms with van der Waals surface area (Å²) >= 11 is 1.94. The first kappa shape index (κ1) is 12.2. The minimum absolute atomic E-state index is 0.0832. The Balaban J connectivity index is 1.85. The Bertz CT molecular complexity index is 374. The lowest BCUT2D eigenvalue weighted by Crippen LogP contribution is -2.30. The van der Waals surface area contributed by atoms with Crippen LogP contribution in [0.15, 0.2) is 18.3 Å². The Morgan fingerprint density at radius 1 is 1.59 bits per heavy atom. The number of hydrogen-bond donors (Lipinski definition) is 2. The van der Waals surface area contributed by atoms with E-state index in [-0.39, 0.29) is 5.91 Å². The summed E-state index contributed by atoms with van der Waals surface area (Å²) in [6.45, 7) is 0.749. The first-order chi connectivity index (χ1) is 8.29. The second-order valence-electron chi connectivity index (χ2n) is 4.03. The number of carbonyl (C=O) groups excluding carboxylic acids is 1. The number of rotatable bonds is 4. The lowest BCUT2D eigenvalue weighted by Gasteiger charge is -2.09. The van der Waals surface area contributed by atoms with E-state index in [9.17, 15) is 4.79 Å². The fourth-order valence-electron chi connectivity index (χ4n) is 1.78. The SMILES string of the molecule is CNc1ccc(C(=O)NCC2CCCS2)nc1. The molecular weight excluding hydrogens is 234 g/mol. The van der Waals surface area contributed by atoms with E-state index in [2.05, 4.69) is 15.6 Å². The van der Waals surface area contributed by atoms with Crippen LogP contribution >= 0.6 is 11.8 Å². The fraction of sp³-hybridized carbons (Fsp3) is 0.500. The van der Waals surface area contributed by atoms with Crippen LogP contribution in [0.5, 0.6) is 0 Å². The Morgan fingerprint density at radius 2 is 2.47 bits per heavy atom. The zero-order chi connectivity index (χ0) is 12.1. The largest absolute Gasteiger partial charge is 0.387 e. The number of hydrogen-bond acceptors (Lipinski definition) is 4. The fourth-order valence-corrected chi connectivity index (χ4v) is 2.98. The molecule has 4 nitrogen and oxygen atoms in total. The Hall–Kier alpha value is -1.23. The summed E-state index contributed by atoms with van der Waals surface area (Å²) in [5, 5.41) is 6.49. The van der Waals surface area contributed by atoms with Gasteiger partial charge in [-0.25, -0.2) is 4.98 Å². The predicted molar refractivity (Wildman–Crippen MR) is 71.6 cm³/mol. The van der Waals surface area contributed by atoms with Crippen molar-refractivity contribution in [1.82, 2.24) is 10.3 Å². The van der Waals surface area contributed by atoms with Gasteiger partial charge in [-0.15, -0.1) is 0 Å². The van der Waals surface area contributed by atoms with Crippen molar-refractivity contribution in [3.8, 4) is 0 Å². The number of aromatic nitrogens is 1. The summed E-state index contributed by atoms with van der Waals surface area (Å²) in [4.78, 5) is 15.9. The van der Waals surface area contributed by atoms with E-state index in [1.54, 1.807) is 12.3 Å². The lowest BCUT2D eigenvalue weighted by molar-refractivity contribution is 0.0949. The van der Waals surface area contributed by atoms with Crippen molar-refractivity contribution < 1.29 is 4.79 Å². The molecule has 0 saturated carbocycles. The monoisotopic (exact) mass is 251 g/mol. The molecule has 1 unspecified atom stereocenters. The summed E-state index contributed by atoms with van der Waals surface area (Å²) < 4.78 is 0. The molecule has 0 spiro atoms. The van der Waals surface area contributed by atoms with Gasteiger partial charge in [0.05, 0.1) is 11.9 Å². The molecule has 17 heavy (non-hydrogen) atoms. The van der Waals surface area contributed by atoms with E-state index in [1.165, 1.54) is 18.6 Å². The summed E-state index contributed by atoms with van der Waals surface area (Å²) in [5.74, 6) is 1.13.